The molecule has 2 rings (SSSR count). The van der Waals surface area contributed by atoms with Gasteiger partial charge in [0.25, 0.3) is 0 Å². The average molecular weight is 363 g/mol. The van der Waals surface area contributed by atoms with Gasteiger partial charge < -0.3 is 10.0 Å². The van der Waals surface area contributed by atoms with Gasteiger partial charge in [-0.25, -0.2) is 0 Å². The zero-order valence-corrected chi connectivity index (χ0v) is 14.0. The van der Waals surface area contributed by atoms with Crippen LogP contribution in [0.5, 0.6) is 0 Å². The summed E-state index contributed by atoms with van der Waals surface area (Å²) in [7, 11) is 0. The molecule has 0 saturated carbocycles. The van der Waals surface area contributed by atoms with Gasteiger partial charge in [-0.2, -0.15) is 13.2 Å². The number of hydrogen-bond donors (Lipinski definition) is 1. The average Bonchev–Trinajstić information content (AvgIpc) is 3.16. The summed E-state index contributed by atoms with van der Waals surface area (Å²) in [6, 6.07) is 4.02. The van der Waals surface area contributed by atoms with Gasteiger partial charge in [-0.05, 0) is 37.1 Å². The first kappa shape index (κ1) is 18.8. The second-order valence-electron chi connectivity index (χ2n) is 6.09. The van der Waals surface area contributed by atoms with Gasteiger partial charge in [0, 0.05) is 24.4 Å². The summed E-state index contributed by atoms with van der Waals surface area (Å²) < 4.78 is 39.2. The minimum Gasteiger partial charge on any atom is -0.481 e. The summed E-state index contributed by atoms with van der Waals surface area (Å²) >= 11 is 1.68. The standard InChI is InChI=1S/C16H20F3NO3S/c17-16(18,19)15(14(22)23)8-9-20(11-15)13(21)7-3-1-2-5-12-6-4-10-24-12/h4,6,10H,1-3,5,7-9,11H2,(H,22,23). The van der Waals surface area contributed by atoms with Crippen LogP contribution in [-0.4, -0.2) is 41.1 Å². The fraction of sp³-hybridized carbons (Fsp3) is 0.625. The number of nitrogens with zero attached hydrogens (tertiary/aromatic N) is 1. The van der Waals surface area contributed by atoms with E-state index in [0.29, 0.717) is 6.42 Å². The summed E-state index contributed by atoms with van der Waals surface area (Å²) in [5, 5.41) is 11.0. The third kappa shape index (κ3) is 4.09. The molecule has 1 aromatic rings. The van der Waals surface area contributed by atoms with Crippen LogP contribution in [0.25, 0.3) is 0 Å². The zero-order valence-electron chi connectivity index (χ0n) is 13.1. The van der Waals surface area contributed by atoms with Crippen molar-refractivity contribution in [3.8, 4) is 0 Å². The van der Waals surface area contributed by atoms with E-state index in [2.05, 4.69) is 0 Å². The number of alkyl halides is 3. The third-order valence-electron chi connectivity index (χ3n) is 4.47. The van der Waals surface area contributed by atoms with E-state index in [0.717, 1.165) is 24.2 Å². The number of aliphatic carboxylic acids is 1. The van der Waals surface area contributed by atoms with Gasteiger partial charge in [-0.15, -0.1) is 11.3 Å². The maximum absolute atomic E-state index is 13.1. The number of thiophene rings is 1. The van der Waals surface area contributed by atoms with Crippen molar-refractivity contribution in [2.75, 3.05) is 13.1 Å². The van der Waals surface area contributed by atoms with Crippen LogP contribution < -0.4 is 0 Å². The molecule has 0 aliphatic carbocycles. The number of likely N-dealkylation sites (tertiary alicyclic amines) is 1. The van der Waals surface area contributed by atoms with Crippen LogP contribution in [-0.2, 0) is 16.0 Å². The monoisotopic (exact) mass is 363 g/mol. The Morgan fingerprint density at radius 2 is 2.04 bits per heavy atom. The van der Waals surface area contributed by atoms with Gasteiger partial charge in [-0.3, -0.25) is 9.59 Å². The number of carbonyl (C=O) groups excluding carboxylic acids is 1. The number of carbonyl (C=O) groups is 2. The molecule has 1 saturated heterocycles. The van der Waals surface area contributed by atoms with E-state index in [1.165, 1.54) is 4.88 Å². The lowest BCUT2D eigenvalue weighted by Gasteiger charge is -2.27. The molecule has 1 fully saturated rings. The highest BCUT2D eigenvalue weighted by atomic mass is 32.1. The fourth-order valence-electron chi connectivity index (χ4n) is 2.91. The fourth-order valence-corrected chi connectivity index (χ4v) is 3.67. The maximum Gasteiger partial charge on any atom is 0.406 e. The number of unbranched alkanes of at least 4 members (excludes halogenated alkanes) is 2. The van der Waals surface area contributed by atoms with Crippen LogP contribution in [0.15, 0.2) is 17.5 Å². The van der Waals surface area contributed by atoms with Gasteiger partial charge >= 0.3 is 12.1 Å². The Labute approximate surface area is 142 Å². The van der Waals surface area contributed by atoms with Crippen molar-refractivity contribution < 1.29 is 27.9 Å². The number of hydrogen-bond acceptors (Lipinski definition) is 3. The van der Waals surface area contributed by atoms with E-state index in [1.807, 2.05) is 17.5 Å². The number of amides is 1. The number of aryl methyl sites for hydroxylation is 1. The van der Waals surface area contributed by atoms with E-state index < -0.39 is 36.4 Å². The van der Waals surface area contributed by atoms with E-state index in [9.17, 15) is 22.8 Å². The van der Waals surface area contributed by atoms with Crippen molar-refractivity contribution in [1.29, 1.82) is 0 Å². The molecule has 1 N–H and O–H groups in total. The predicted octanol–water partition coefficient (Wildman–Crippen LogP) is 3.72. The Hall–Kier alpha value is -1.57. The SMILES string of the molecule is O=C(CCCCCc1cccs1)N1CCC(C(=O)O)(C(F)(F)F)C1. The Balaban J connectivity index is 1.76. The summed E-state index contributed by atoms with van der Waals surface area (Å²) in [6.07, 6.45) is -1.97. The molecule has 24 heavy (non-hydrogen) atoms. The molecule has 134 valence electrons. The van der Waals surface area contributed by atoms with E-state index >= 15 is 0 Å². The maximum atomic E-state index is 13.1. The number of carboxylic acid groups (broad SMARTS) is 1. The Kier molecular flexibility index (Phi) is 5.90. The molecular formula is C16H20F3NO3S. The Bertz CT molecular complexity index is 574. The lowest BCUT2D eigenvalue weighted by atomic mass is 9.86. The second-order valence-corrected chi connectivity index (χ2v) is 7.12. The molecule has 1 aliphatic heterocycles. The van der Waals surface area contributed by atoms with Crippen molar-refractivity contribution in [3.63, 3.8) is 0 Å². The smallest absolute Gasteiger partial charge is 0.406 e. The highest BCUT2D eigenvalue weighted by Crippen LogP contribution is 2.45. The van der Waals surface area contributed by atoms with Crippen LogP contribution in [0.2, 0.25) is 0 Å². The van der Waals surface area contributed by atoms with Crippen LogP contribution in [0.1, 0.15) is 37.0 Å². The first-order valence-corrected chi connectivity index (χ1v) is 8.74. The van der Waals surface area contributed by atoms with E-state index in [1.54, 1.807) is 11.3 Å². The molecule has 0 spiro atoms. The van der Waals surface area contributed by atoms with Crippen molar-refractivity contribution in [1.82, 2.24) is 4.90 Å². The van der Waals surface area contributed by atoms with Gasteiger partial charge in [0.05, 0.1) is 0 Å². The molecule has 1 aromatic heterocycles. The van der Waals surface area contributed by atoms with Gasteiger partial charge in [0.15, 0.2) is 5.41 Å². The lowest BCUT2D eigenvalue weighted by Crippen LogP contribution is -2.47. The minimum atomic E-state index is -4.85. The summed E-state index contributed by atoms with van der Waals surface area (Å²) in [6.45, 7) is -0.931. The van der Waals surface area contributed by atoms with E-state index in [-0.39, 0.29) is 13.0 Å². The van der Waals surface area contributed by atoms with Crippen molar-refractivity contribution in [3.05, 3.63) is 22.4 Å². The molecule has 1 atom stereocenters. The lowest BCUT2D eigenvalue weighted by molar-refractivity contribution is -0.227. The van der Waals surface area contributed by atoms with Crippen molar-refractivity contribution >= 4 is 23.2 Å². The van der Waals surface area contributed by atoms with Crippen LogP contribution >= 0.6 is 11.3 Å². The summed E-state index contributed by atoms with van der Waals surface area (Å²) in [5.74, 6) is -2.29. The molecule has 8 heteroatoms. The minimum absolute atomic E-state index is 0.153. The molecule has 1 aliphatic rings. The number of halogens is 3. The molecule has 0 radical (unpaired) electrons. The largest absolute Gasteiger partial charge is 0.481 e. The van der Waals surface area contributed by atoms with Crippen molar-refractivity contribution in [2.45, 2.75) is 44.7 Å². The van der Waals surface area contributed by atoms with Gasteiger partial charge in [0.1, 0.15) is 0 Å². The molecule has 1 unspecified atom stereocenters. The molecule has 2 heterocycles. The highest BCUT2D eigenvalue weighted by molar-refractivity contribution is 7.09. The van der Waals surface area contributed by atoms with Crippen molar-refractivity contribution in [2.24, 2.45) is 5.41 Å². The van der Waals surface area contributed by atoms with Crippen LogP contribution in [0.3, 0.4) is 0 Å². The quantitative estimate of drug-likeness (QED) is 0.751. The normalized spacial score (nSPS) is 21.2. The third-order valence-corrected chi connectivity index (χ3v) is 5.40. The number of rotatable bonds is 7. The Morgan fingerprint density at radius 3 is 2.58 bits per heavy atom. The Morgan fingerprint density at radius 1 is 1.29 bits per heavy atom. The molecule has 1 amide bonds. The summed E-state index contributed by atoms with van der Waals surface area (Å²) in [4.78, 5) is 25.5. The van der Waals surface area contributed by atoms with Crippen LogP contribution in [0, 0.1) is 5.41 Å². The molecule has 0 bridgehead atoms. The van der Waals surface area contributed by atoms with E-state index in [4.69, 9.17) is 5.11 Å². The number of carboxylic acids is 1. The highest BCUT2D eigenvalue weighted by Gasteiger charge is 2.64. The first-order chi connectivity index (χ1) is 11.3. The zero-order chi connectivity index (χ0) is 17.8. The van der Waals surface area contributed by atoms with Crippen LogP contribution in [0.4, 0.5) is 13.2 Å². The van der Waals surface area contributed by atoms with Gasteiger partial charge in [-0.1, -0.05) is 12.5 Å². The summed E-state index contributed by atoms with van der Waals surface area (Å²) in [5.41, 5.74) is -2.82. The predicted molar refractivity (Wildman–Crippen MR) is 83.8 cm³/mol. The van der Waals surface area contributed by atoms with Gasteiger partial charge in [0.2, 0.25) is 5.91 Å². The first-order valence-electron chi connectivity index (χ1n) is 7.86. The topological polar surface area (TPSA) is 57.6 Å². The molecule has 0 aromatic carbocycles. The molecular weight excluding hydrogens is 343 g/mol. The molecule has 4 nitrogen and oxygen atoms in total. The second kappa shape index (κ2) is 7.55.